The van der Waals surface area contributed by atoms with Gasteiger partial charge in [0.2, 0.25) is 0 Å². The van der Waals surface area contributed by atoms with Gasteiger partial charge in [-0.25, -0.2) is 0 Å². The lowest BCUT2D eigenvalue weighted by molar-refractivity contribution is 0.201. The molecule has 1 nitrogen and oxygen atoms in total. The van der Waals surface area contributed by atoms with Crippen molar-refractivity contribution in [2.24, 2.45) is 0 Å². The molecule has 0 radical (unpaired) electrons. The van der Waals surface area contributed by atoms with Crippen molar-refractivity contribution in [2.45, 2.75) is 16.8 Å². The molecule has 1 N–H and O–H groups in total. The maximum absolute atomic E-state index is 9.75. The molecule has 0 aliphatic carbocycles. The SMILES string of the molecule is CSc1ccc2c(c1)[C@H](O)CSC2. The highest BCUT2D eigenvalue weighted by Crippen LogP contribution is 2.33. The Kier molecular flexibility index (Phi) is 2.86. The predicted octanol–water partition coefficient (Wildman–Crippen LogP) is 2.69. The molecular weight excluding hydrogens is 200 g/mol. The van der Waals surface area contributed by atoms with Crippen LogP contribution in [0.2, 0.25) is 0 Å². The summed E-state index contributed by atoms with van der Waals surface area (Å²) in [6.07, 6.45) is 1.80. The number of benzene rings is 1. The van der Waals surface area contributed by atoms with Crippen molar-refractivity contribution in [3.63, 3.8) is 0 Å². The number of thioether (sulfide) groups is 2. The molecule has 0 aromatic heterocycles. The van der Waals surface area contributed by atoms with Crippen LogP contribution in [-0.4, -0.2) is 17.1 Å². The first-order valence-corrected chi connectivity index (χ1v) is 6.62. The molecule has 0 saturated carbocycles. The second kappa shape index (κ2) is 3.95. The summed E-state index contributed by atoms with van der Waals surface area (Å²) < 4.78 is 0. The Morgan fingerprint density at radius 1 is 1.54 bits per heavy atom. The van der Waals surface area contributed by atoms with Crippen molar-refractivity contribution in [1.82, 2.24) is 0 Å². The smallest absolute Gasteiger partial charge is 0.0883 e. The fraction of sp³-hybridized carbons (Fsp3) is 0.400. The summed E-state index contributed by atoms with van der Waals surface area (Å²) in [4.78, 5) is 1.24. The van der Waals surface area contributed by atoms with Crippen LogP contribution in [0.4, 0.5) is 0 Å². The van der Waals surface area contributed by atoms with Crippen molar-refractivity contribution >= 4 is 23.5 Å². The van der Waals surface area contributed by atoms with E-state index in [-0.39, 0.29) is 6.10 Å². The minimum absolute atomic E-state index is 0.263. The van der Waals surface area contributed by atoms with Gasteiger partial charge in [-0.1, -0.05) is 6.07 Å². The molecule has 1 aromatic rings. The van der Waals surface area contributed by atoms with E-state index in [4.69, 9.17) is 0 Å². The summed E-state index contributed by atoms with van der Waals surface area (Å²) in [7, 11) is 0. The van der Waals surface area contributed by atoms with Gasteiger partial charge in [0.15, 0.2) is 0 Å². The Morgan fingerprint density at radius 2 is 2.38 bits per heavy atom. The van der Waals surface area contributed by atoms with Crippen LogP contribution in [0.3, 0.4) is 0 Å². The molecule has 0 unspecified atom stereocenters. The van der Waals surface area contributed by atoms with Crippen molar-refractivity contribution in [3.05, 3.63) is 29.3 Å². The Hall–Kier alpha value is -0.120. The lowest BCUT2D eigenvalue weighted by atomic mass is 10.0. The van der Waals surface area contributed by atoms with E-state index in [1.165, 1.54) is 10.5 Å². The van der Waals surface area contributed by atoms with Crippen LogP contribution in [0.5, 0.6) is 0 Å². The first-order valence-electron chi connectivity index (χ1n) is 4.24. The van der Waals surface area contributed by atoms with E-state index in [1.54, 1.807) is 23.5 Å². The highest BCUT2D eigenvalue weighted by Gasteiger charge is 2.17. The molecule has 0 spiro atoms. The quantitative estimate of drug-likeness (QED) is 0.723. The Labute approximate surface area is 86.9 Å². The number of hydrogen-bond acceptors (Lipinski definition) is 3. The number of aliphatic hydroxyl groups is 1. The van der Waals surface area contributed by atoms with Gasteiger partial charge in [0.05, 0.1) is 6.10 Å². The van der Waals surface area contributed by atoms with Crippen LogP contribution in [0, 0.1) is 0 Å². The lowest BCUT2D eigenvalue weighted by Gasteiger charge is -2.21. The minimum Gasteiger partial charge on any atom is -0.388 e. The van der Waals surface area contributed by atoms with Gasteiger partial charge in [0.25, 0.3) is 0 Å². The summed E-state index contributed by atoms with van der Waals surface area (Å²) in [5.74, 6) is 1.88. The normalized spacial score (nSPS) is 21.2. The van der Waals surface area contributed by atoms with Gasteiger partial charge >= 0.3 is 0 Å². The van der Waals surface area contributed by atoms with Gasteiger partial charge < -0.3 is 5.11 Å². The summed E-state index contributed by atoms with van der Waals surface area (Å²) in [5, 5.41) is 9.75. The van der Waals surface area contributed by atoms with E-state index >= 15 is 0 Å². The number of aliphatic hydroxyl groups excluding tert-OH is 1. The van der Waals surface area contributed by atoms with Crippen LogP contribution in [0.25, 0.3) is 0 Å². The van der Waals surface area contributed by atoms with Crippen molar-refractivity contribution in [3.8, 4) is 0 Å². The van der Waals surface area contributed by atoms with Crippen LogP contribution >= 0.6 is 23.5 Å². The van der Waals surface area contributed by atoms with Crippen molar-refractivity contribution < 1.29 is 5.11 Å². The fourth-order valence-corrected chi connectivity index (χ4v) is 2.96. The molecule has 1 aromatic carbocycles. The minimum atomic E-state index is -0.263. The van der Waals surface area contributed by atoms with Crippen LogP contribution in [0.15, 0.2) is 23.1 Å². The number of rotatable bonds is 1. The summed E-state index contributed by atoms with van der Waals surface area (Å²) in [6.45, 7) is 0. The monoisotopic (exact) mass is 212 g/mol. The van der Waals surface area contributed by atoms with Gasteiger partial charge in [-0.05, 0) is 29.5 Å². The van der Waals surface area contributed by atoms with E-state index in [9.17, 15) is 5.11 Å². The zero-order valence-corrected chi connectivity index (χ0v) is 9.12. The van der Waals surface area contributed by atoms with E-state index in [2.05, 4.69) is 24.5 Å². The molecule has 1 aliphatic rings. The topological polar surface area (TPSA) is 20.2 Å². The first kappa shape index (κ1) is 9.44. The zero-order chi connectivity index (χ0) is 9.26. The zero-order valence-electron chi connectivity index (χ0n) is 7.49. The van der Waals surface area contributed by atoms with E-state index < -0.39 is 0 Å². The predicted molar refractivity (Wildman–Crippen MR) is 59.3 cm³/mol. The van der Waals surface area contributed by atoms with Gasteiger partial charge in [-0.15, -0.1) is 11.8 Å². The lowest BCUT2D eigenvalue weighted by Crippen LogP contribution is -2.09. The number of hydrogen-bond donors (Lipinski definition) is 1. The van der Waals surface area contributed by atoms with Gasteiger partial charge in [0, 0.05) is 16.4 Å². The third kappa shape index (κ3) is 1.87. The summed E-state index contributed by atoms with van der Waals surface area (Å²) >= 11 is 3.53. The van der Waals surface area contributed by atoms with Crippen molar-refractivity contribution in [2.75, 3.05) is 12.0 Å². The highest BCUT2D eigenvalue weighted by atomic mass is 32.2. The Balaban J connectivity index is 2.41. The Bertz CT molecular complexity index is 312. The molecule has 0 bridgehead atoms. The standard InChI is InChI=1S/C10H12OS2/c1-12-8-3-2-7-5-13-6-10(11)9(7)4-8/h2-4,10-11H,5-6H2,1H3/t10-/m1/s1. The van der Waals surface area contributed by atoms with Crippen LogP contribution in [-0.2, 0) is 5.75 Å². The number of fused-ring (bicyclic) bond motifs is 1. The molecule has 0 fully saturated rings. The van der Waals surface area contributed by atoms with Crippen LogP contribution < -0.4 is 0 Å². The molecule has 1 atom stereocenters. The fourth-order valence-electron chi connectivity index (χ4n) is 1.51. The molecule has 2 rings (SSSR count). The largest absolute Gasteiger partial charge is 0.388 e. The maximum atomic E-state index is 9.75. The molecule has 1 heterocycles. The van der Waals surface area contributed by atoms with Gasteiger partial charge in [0.1, 0.15) is 0 Å². The summed E-state index contributed by atoms with van der Waals surface area (Å²) in [6, 6.07) is 6.38. The Morgan fingerprint density at radius 3 is 3.15 bits per heavy atom. The summed E-state index contributed by atoms with van der Waals surface area (Å²) in [5.41, 5.74) is 2.42. The van der Waals surface area contributed by atoms with Crippen molar-refractivity contribution in [1.29, 1.82) is 0 Å². The average molecular weight is 212 g/mol. The molecular formula is C10H12OS2. The van der Waals surface area contributed by atoms with Gasteiger partial charge in [-0.3, -0.25) is 0 Å². The second-order valence-corrected chi connectivity index (χ2v) is 5.01. The molecule has 0 saturated heterocycles. The molecule has 70 valence electrons. The van der Waals surface area contributed by atoms with Crippen LogP contribution in [0.1, 0.15) is 17.2 Å². The van der Waals surface area contributed by atoms with Gasteiger partial charge in [-0.2, -0.15) is 11.8 Å². The average Bonchev–Trinajstić information content (AvgIpc) is 2.18. The third-order valence-electron chi connectivity index (χ3n) is 2.25. The van der Waals surface area contributed by atoms with E-state index in [0.29, 0.717) is 0 Å². The molecule has 3 heteroatoms. The molecule has 1 aliphatic heterocycles. The van der Waals surface area contributed by atoms with E-state index in [1.807, 2.05) is 0 Å². The maximum Gasteiger partial charge on any atom is 0.0883 e. The highest BCUT2D eigenvalue weighted by molar-refractivity contribution is 7.98. The molecule has 0 amide bonds. The first-order chi connectivity index (χ1) is 6.31. The molecule has 13 heavy (non-hydrogen) atoms. The third-order valence-corrected chi connectivity index (χ3v) is 4.04. The van der Waals surface area contributed by atoms with E-state index in [0.717, 1.165) is 17.1 Å². The second-order valence-electron chi connectivity index (χ2n) is 3.10.